The van der Waals surface area contributed by atoms with Crippen molar-refractivity contribution in [2.45, 2.75) is 6.92 Å². The SMILES string of the molecule is Cc1cccc(C#Cc2cccc(Br)c2)n1. The first-order chi connectivity index (χ1) is 7.74. The smallest absolute Gasteiger partial charge is 0.113 e. The summed E-state index contributed by atoms with van der Waals surface area (Å²) < 4.78 is 1.04. The molecule has 1 heterocycles. The van der Waals surface area contributed by atoms with Crippen LogP contribution in [0.2, 0.25) is 0 Å². The molecule has 16 heavy (non-hydrogen) atoms. The van der Waals surface area contributed by atoms with Crippen LogP contribution in [0.25, 0.3) is 0 Å². The van der Waals surface area contributed by atoms with Crippen LogP contribution in [0, 0.1) is 18.8 Å². The van der Waals surface area contributed by atoms with Crippen molar-refractivity contribution in [3.63, 3.8) is 0 Å². The molecule has 0 saturated carbocycles. The fourth-order valence-corrected chi connectivity index (χ4v) is 1.71. The van der Waals surface area contributed by atoms with Gasteiger partial charge < -0.3 is 0 Å². The molecule has 1 aromatic carbocycles. The van der Waals surface area contributed by atoms with Gasteiger partial charge in [-0.25, -0.2) is 4.98 Å². The summed E-state index contributed by atoms with van der Waals surface area (Å²) >= 11 is 3.42. The van der Waals surface area contributed by atoms with Crippen molar-refractivity contribution < 1.29 is 0 Å². The lowest BCUT2D eigenvalue weighted by atomic mass is 10.2. The zero-order valence-electron chi connectivity index (χ0n) is 8.87. The van der Waals surface area contributed by atoms with E-state index in [1.165, 1.54) is 0 Å². The lowest BCUT2D eigenvalue weighted by Crippen LogP contribution is -1.84. The van der Waals surface area contributed by atoms with E-state index in [0.29, 0.717) is 0 Å². The zero-order valence-corrected chi connectivity index (χ0v) is 10.5. The number of nitrogens with zero attached hydrogens (tertiary/aromatic N) is 1. The monoisotopic (exact) mass is 271 g/mol. The minimum absolute atomic E-state index is 0.806. The average Bonchev–Trinajstić information content (AvgIpc) is 2.27. The average molecular weight is 272 g/mol. The van der Waals surface area contributed by atoms with Crippen LogP contribution in [0.5, 0.6) is 0 Å². The van der Waals surface area contributed by atoms with Gasteiger partial charge in [0.05, 0.1) is 0 Å². The van der Waals surface area contributed by atoms with Crippen molar-refractivity contribution in [3.8, 4) is 11.8 Å². The van der Waals surface area contributed by atoms with Crippen molar-refractivity contribution in [1.82, 2.24) is 4.98 Å². The summed E-state index contributed by atoms with van der Waals surface area (Å²) in [6, 6.07) is 13.8. The quantitative estimate of drug-likeness (QED) is 0.668. The summed E-state index contributed by atoms with van der Waals surface area (Å²) in [4.78, 5) is 4.33. The van der Waals surface area contributed by atoms with Crippen LogP contribution in [-0.2, 0) is 0 Å². The first-order valence-corrected chi connectivity index (χ1v) is 5.74. The van der Waals surface area contributed by atoms with E-state index in [4.69, 9.17) is 0 Å². The van der Waals surface area contributed by atoms with Crippen LogP contribution in [0.4, 0.5) is 0 Å². The van der Waals surface area contributed by atoms with Gasteiger partial charge in [-0.1, -0.05) is 34.0 Å². The Hall–Kier alpha value is -1.59. The number of aromatic nitrogens is 1. The Bertz CT molecular complexity index is 515. The molecule has 0 atom stereocenters. The highest BCUT2D eigenvalue weighted by Crippen LogP contribution is 2.10. The van der Waals surface area contributed by atoms with E-state index in [9.17, 15) is 0 Å². The van der Waals surface area contributed by atoms with Crippen LogP contribution in [0.3, 0.4) is 0 Å². The minimum Gasteiger partial charge on any atom is -0.245 e. The van der Waals surface area contributed by atoms with Gasteiger partial charge in [0.25, 0.3) is 0 Å². The zero-order chi connectivity index (χ0) is 11.4. The van der Waals surface area contributed by atoms with E-state index < -0.39 is 0 Å². The predicted molar refractivity (Wildman–Crippen MR) is 69.1 cm³/mol. The molecule has 78 valence electrons. The van der Waals surface area contributed by atoms with Crippen molar-refractivity contribution >= 4 is 15.9 Å². The minimum atomic E-state index is 0.806. The lowest BCUT2D eigenvalue weighted by Gasteiger charge is -1.93. The second kappa shape index (κ2) is 4.96. The standard InChI is InChI=1S/C14H10BrN/c1-11-4-2-7-14(16-11)9-8-12-5-3-6-13(15)10-12/h2-7,10H,1H3. The molecule has 2 aromatic rings. The van der Waals surface area contributed by atoms with E-state index in [1.807, 2.05) is 49.4 Å². The highest BCUT2D eigenvalue weighted by molar-refractivity contribution is 9.10. The molecule has 2 heteroatoms. The van der Waals surface area contributed by atoms with E-state index in [-0.39, 0.29) is 0 Å². The highest BCUT2D eigenvalue weighted by atomic mass is 79.9. The van der Waals surface area contributed by atoms with Gasteiger partial charge in [-0.2, -0.15) is 0 Å². The Labute approximate surface area is 104 Å². The normalized spacial score (nSPS) is 9.38. The molecule has 0 amide bonds. The summed E-state index contributed by atoms with van der Waals surface area (Å²) in [6.45, 7) is 1.96. The first-order valence-electron chi connectivity index (χ1n) is 4.95. The number of rotatable bonds is 0. The van der Waals surface area contributed by atoms with Gasteiger partial charge in [-0.15, -0.1) is 0 Å². The Balaban J connectivity index is 2.28. The molecule has 0 bridgehead atoms. The third-order valence-electron chi connectivity index (χ3n) is 2.05. The molecule has 0 aliphatic rings. The van der Waals surface area contributed by atoms with Gasteiger partial charge in [-0.3, -0.25) is 0 Å². The highest BCUT2D eigenvalue weighted by Gasteiger charge is 1.90. The van der Waals surface area contributed by atoms with E-state index in [1.54, 1.807) is 0 Å². The summed E-state index contributed by atoms with van der Waals surface area (Å²) in [5.41, 5.74) is 2.78. The Kier molecular flexibility index (Phi) is 3.38. The van der Waals surface area contributed by atoms with Crippen molar-refractivity contribution in [2.24, 2.45) is 0 Å². The molecule has 0 spiro atoms. The number of halogens is 1. The van der Waals surface area contributed by atoms with Gasteiger partial charge in [0.2, 0.25) is 0 Å². The van der Waals surface area contributed by atoms with E-state index >= 15 is 0 Å². The van der Waals surface area contributed by atoms with E-state index in [0.717, 1.165) is 21.4 Å². The fraction of sp³-hybridized carbons (Fsp3) is 0.0714. The summed E-state index contributed by atoms with van der Waals surface area (Å²) in [7, 11) is 0. The largest absolute Gasteiger partial charge is 0.245 e. The number of hydrogen-bond acceptors (Lipinski definition) is 1. The number of pyridine rings is 1. The van der Waals surface area contributed by atoms with Crippen molar-refractivity contribution in [1.29, 1.82) is 0 Å². The first kappa shape index (κ1) is 10.9. The molecule has 1 nitrogen and oxygen atoms in total. The lowest BCUT2D eigenvalue weighted by molar-refractivity contribution is 1.18. The summed E-state index contributed by atoms with van der Waals surface area (Å²) in [6.07, 6.45) is 0. The Morgan fingerprint density at radius 3 is 2.62 bits per heavy atom. The van der Waals surface area contributed by atoms with Crippen LogP contribution < -0.4 is 0 Å². The fourth-order valence-electron chi connectivity index (χ4n) is 1.32. The topological polar surface area (TPSA) is 12.9 Å². The molecule has 0 unspecified atom stereocenters. The second-order valence-electron chi connectivity index (χ2n) is 3.42. The van der Waals surface area contributed by atoms with E-state index in [2.05, 4.69) is 32.8 Å². The summed E-state index contributed by atoms with van der Waals surface area (Å²) in [5.74, 6) is 6.13. The summed E-state index contributed by atoms with van der Waals surface area (Å²) in [5, 5.41) is 0. The molecule has 0 fully saturated rings. The molecule has 1 aromatic heterocycles. The maximum atomic E-state index is 4.33. The number of benzene rings is 1. The van der Waals surface area contributed by atoms with Crippen LogP contribution >= 0.6 is 15.9 Å². The van der Waals surface area contributed by atoms with Crippen LogP contribution in [-0.4, -0.2) is 4.98 Å². The van der Waals surface area contributed by atoms with Crippen LogP contribution in [0.15, 0.2) is 46.9 Å². The molecule has 0 N–H and O–H groups in total. The van der Waals surface area contributed by atoms with Gasteiger partial charge >= 0.3 is 0 Å². The molecular weight excluding hydrogens is 262 g/mol. The second-order valence-corrected chi connectivity index (χ2v) is 4.34. The third kappa shape index (κ3) is 2.95. The third-order valence-corrected chi connectivity index (χ3v) is 2.54. The Morgan fingerprint density at radius 1 is 1.06 bits per heavy atom. The molecular formula is C14H10BrN. The molecule has 2 rings (SSSR count). The van der Waals surface area contributed by atoms with Crippen molar-refractivity contribution in [3.05, 3.63) is 63.9 Å². The van der Waals surface area contributed by atoms with Crippen LogP contribution in [0.1, 0.15) is 17.0 Å². The van der Waals surface area contributed by atoms with Gasteiger partial charge in [0.15, 0.2) is 0 Å². The molecule has 0 aliphatic carbocycles. The van der Waals surface area contributed by atoms with Gasteiger partial charge in [0.1, 0.15) is 5.69 Å². The van der Waals surface area contributed by atoms with Crippen molar-refractivity contribution in [2.75, 3.05) is 0 Å². The number of aryl methyl sites for hydroxylation is 1. The number of hydrogen-bond donors (Lipinski definition) is 0. The maximum Gasteiger partial charge on any atom is 0.113 e. The maximum absolute atomic E-state index is 4.33. The Morgan fingerprint density at radius 2 is 1.88 bits per heavy atom. The predicted octanol–water partition coefficient (Wildman–Crippen LogP) is 3.55. The molecule has 0 radical (unpaired) electrons. The van der Waals surface area contributed by atoms with Gasteiger partial charge in [-0.05, 0) is 43.2 Å². The molecule has 0 saturated heterocycles. The van der Waals surface area contributed by atoms with Gasteiger partial charge in [0, 0.05) is 15.7 Å². The molecule has 0 aliphatic heterocycles.